The summed E-state index contributed by atoms with van der Waals surface area (Å²) in [6.07, 6.45) is 5.48. The molecule has 160 valence electrons. The van der Waals surface area contributed by atoms with Crippen LogP contribution < -0.4 is 14.8 Å². The van der Waals surface area contributed by atoms with Crippen LogP contribution >= 0.6 is 0 Å². The second kappa shape index (κ2) is 8.30. The number of carbonyl (C=O) groups excluding carboxylic acids is 1. The third-order valence-corrected chi connectivity index (χ3v) is 7.96. The van der Waals surface area contributed by atoms with Crippen LogP contribution in [0.2, 0.25) is 0 Å². The van der Waals surface area contributed by atoms with Crippen LogP contribution in [0.3, 0.4) is 0 Å². The quantitative estimate of drug-likeness (QED) is 0.677. The summed E-state index contributed by atoms with van der Waals surface area (Å²) in [5.74, 6) is 2.56. The second-order valence-corrected chi connectivity index (χ2v) is 10.2. The highest BCUT2D eigenvalue weighted by molar-refractivity contribution is 7.92. The Bertz CT molecular complexity index is 1030. The predicted octanol–water partition coefficient (Wildman–Crippen LogP) is 4.57. The summed E-state index contributed by atoms with van der Waals surface area (Å²) in [7, 11) is -2.24. The highest BCUT2D eigenvalue weighted by Gasteiger charge is 2.40. The Kier molecular flexibility index (Phi) is 5.73. The molecule has 0 unspecified atom stereocenters. The van der Waals surface area contributed by atoms with E-state index in [0.717, 1.165) is 12.3 Å². The smallest absolute Gasteiger partial charge is 0.262 e. The van der Waals surface area contributed by atoms with Gasteiger partial charge in [-0.1, -0.05) is 12.5 Å². The number of aryl methyl sites for hydroxylation is 1. The molecule has 2 bridgehead atoms. The molecule has 3 atom stereocenters. The molecular weight excluding hydrogens is 400 g/mol. The van der Waals surface area contributed by atoms with E-state index in [-0.39, 0.29) is 10.8 Å². The number of ether oxygens (including phenoxy) is 1. The van der Waals surface area contributed by atoms with Gasteiger partial charge in [0.15, 0.2) is 0 Å². The van der Waals surface area contributed by atoms with E-state index in [1.807, 2.05) is 0 Å². The molecule has 2 aromatic rings. The Morgan fingerprint density at radius 2 is 1.80 bits per heavy atom. The molecule has 2 aliphatic rings. The van der Waals surface area contributed by atoms with Gasteiger partial charge < -0.3 is 10.1 Å². The Hall–Kier alpha value is -2.54. The van der Waals surface area contributed by atoms with Gasteiger partial charge in [0.25, 0.3) is 10.0 Å². The Balaban J connectivity index is 1.45. The lowest BCUT2D eigenvalue weighted by Crippen LogP contribution is -2.21. The maximum absolute atomic E-state index is 12.9. The minimum Gasteiger partial charge on any atom is -0.497 e. The van der Waals surface area contributed by atoms with Crippen molar-refractivity contribution in [1.29, 1.82) is 0 Å². The molecule has 0 aliphatic heterocycles. The molecule has 2 aromatic carbocycles. The number of fused-ring (bicyclic) bond motifs is 2. The first-order chi connectivity index (χ1) is 14.3. The summed E-state index contributed by atoms with van der Waals surface area (Å²) in [6.45, 7) is 1.74. The van der Waals surface area contributed by atoms with E-state index in [1.165, 1.54) is 25.3 Å². The Morgan fingerprint density at radius 1 is 1.07 bits per heavy atom. The van der Waals surface area contributed by atoms with Crippen LogP contribution in [0.5, 0.6) is 5.75 Å². The molecule has 30 heavy (non-hydrogen) atoms. The third kappa shape index (κ3) is 4.46. The Morgan fingerprint density at radius 3 is 2.43 bits per heavy atom. The van der Waals surface area contributed by atoms with Crippen LogP contribution in [-0.4, -0.2) is 21.4 Å². The lowest BCUT2D eigenvalue weighted by Gasteiger charge is -2.21. The monoisotopic (exact) mass is 428 g/mol. The van der Waals surface area contributed by atoms with E-state index in [4.69, 9.17) is 4.74 Å². The van der Waals surface area contributed by atoms with Gasteiger partial charge in [0.05, 0.1) is 12.0 Å². The molecule has 0 saturated heterocycles. The van der Waals surface area contributed by atoms with Crippen LogP contribution in [0.25, 0.3) is 0 Å². The minimum absolute atomic E-state index is 0.0390. The van der Waals surface area contributed by atoms with Crippen LogP contribution in [-0.2, 0) is 14.8 Å². The number of rotatable bonds is 7. The molecule has 0 aromatic heterocycles. The first-order valence-corrected chi connectivity index (χ1v) is 11.9. The summed E-state index contributed by atoms with van der Waals surface area (Å²) >= 11 is 0. The molecule has 0 heterocycles. The topological polar surface area (TPSA) is 84.5 Å². The molecule has 4 rings (SSSR count). The summed E-state index contributed by atoms with van der Waals surface area (Å²) in [5, 5.41) is 2.90. The molecule has 2 fully saturated rings. The number of nitrogens with one attached hydrogen (secondary N) is 2. The standard InChI is InChI=1S/C23H28N2O4S/c1-15-3-6-20(24-23(26)13-18-12-16-4-5-17(18)11-16)14-22(15)30(27,28)25-19-7-9-21(29-2)10-8-19/h3,6-10,14,16-18,25H,4-5,11-13H2,1-2H3,(H,24,26)/t16-,17-,18-/m1/s1. The van der Waals surface area contributed by atoms with E-state index < -0.39 is 10.0 Å². The fourth-order valence-electron chi connectivity index (χ4n) is 4.91. The van der Waals surface area contributed by atoms with Crippen molar-refractivity contribution in [2.24, 2.45) is 17.8 Å². The van der Waals surface area contributed by atoms with Crippen molar-refractivity contribution in [2.75, 3.05) is 17.1 Å². The van der Waals surface area contributed by atoms with Gasteiger partial charge in [-0.3, -0.25) is 9.52 Å². The van der Waals surface area contributed by atoms with E-state index in [2.05, 4.69) is 10.0 Å². The fraction of sp³-hybridized carbons (Fsp3) is 0.435. The van der Waals surface area contributed by atoms with Crippen molar-refractivity contribution in [1.82, 2.24) is 0 Å². The van der Waals surface area contributed by atoms with Gasteiger partial charge in [0.1, 0.15) is 5.75 Å². The van der Waals surface area contributed by atoms with E-state index in [9.17, 15) is 13.2 Å². The van der Waals surface area contributed by atoms with Gasteiger partial charge in [-0.15, -0.1) is 0 Å². The normalized spacial score (nSPS) is 22.7. The Labute approximate surface area is 178 Å². The SMILES string of the molecule is COc1ccc(NS(=O)(=O)c2cc(NC(=O)C[C@H]3C[C@@H]4CC[C@@H]3C4)ccc2C)cc1. The van der Waals surface area contributed by atoms with E-state index >= 15 is 0 Å². The first-order valence-electron chi connectivity index (χ1n) is 10.4. The summed E-state index contributed by atoms with van der Waals surface area (Å²) in [5.41, 5.74) is 1.56. The summed E-state index contributed by atoms with van der Waals surface area (Å²) in [4.78, 5) is 12.7. The molecule has 0 spiro atoms. The van der Waals surface area contributed by atoms with Crippen molar-refractivity contribution >= 4 is 27.3 Å². The molecule has 2 saturated carbocycles. The highest BCUT2D eigenvalue weighted by atomic mass is 32.2. The minimum atomic E-state index is -3.79. The van der Waals surface area contributed by atoms with Crippen LogP contribution in [0.15, 0.2) is 47.4 Å². The van der Waals surface area contributed by atoms with Gasteiger partial charge >= 0.3 is 0 Å². The lowest BCUT2D eigenvalue weighted by molar-refractivity contribution is -0.117. The van der Waals surface area contributed by atoms with Gasteiger partial charge in [-0.05, 0) is 85.9 Å². The molecule has 6 nitrogen and oxygen atoms in total. The molecular formula is C23H28N2O4S. The second-order valence-electron chi connectivity index (χ2n) is 8.50. The molecule has 0 radical (unpaired) electrons. The van der Waals surface area contributed by atoms with Crippen LogP contribution in [0, 0.1) is 24.7 Å². The first kappa shape index (κ1) is 20.7. The predicted molar refractivity (Wildman–Crippen MR) is 117 cm³/mol. The molecule has 1 amide bonds. The molecule has 2 aliphatic carbocycles. The van der Waals surface area contributed by atoms with Gasteiger partial charge in [-0.2, -0.15) is 0 Å². The van der Waals surface area contributed by atoms with Crippen LogP contribution in [0.4, 0.5) is 11.4 Å². The lowest BCUT2D eigenvalue weighted by atomic mass is 9.86. The van der Waals surface area contributed by atoms with Gasteiger partial charge in [0.2, 0.25) is 5.91 Å². The number of hydrogen-bond acceptors (Lipinski definition) is 4. The maximum atomic E-state index is 12.9. The number of sulfonamides is 1. The van der Waals surface area contributed by atoms with Crippen molar-refractivity contribution < 1.29 is 17.9 Å². The number of carbonyl (C=O) groups is 1. The zero-order valence-corrected chi connectivity index (χ0v) is 18.2. The summed E-state index contributed by atoms with van der Waals surface area (Å²) in [6, 6.07) is 11.7. The van der Waals surface area contributed by atoms with Crippen LogP contribution in [0.1, 0.15) is 37.7 Å². The van der Waals surface area contributed by atoms with Crippen molar-refractivity contribution in [2.45, 2.75) is 43.9 Å². The number of amides is 1. The highest BCUT2D eigenvalue weighted by Crippen LogP contribution is 2.49. The average Bonchev–Trinajstić information content (AvgIpc) is 3.33. The van der Waals surface area contributed by atoms with Gasteiger partial charge in [-0.25, -0.2) is 8.42 Å². The molecule has 7 heteroatoms. The number of anilines is 2. The zero-order valence-electron chi connectivity index (χ0n) is 17.4. The fourth-order valence-corrected chi connectivity index (χ4v) is 6.24. The van der Waals surface area contributed by atoms with Gasteiger partial charge in [0, 0.05) is 17.8 Å². The summed E-state index contributed by atoms with van der Waals surface area (Å²) < 4.78 is 33.5. The third-order valence-electron chi connectivity index (χ3n) is 6.44. The van der Waals surface area contributed by atoms with Crippen molar-refractivity contribution in [3.63, 3.8) is 0 Å². The maximum Gasteiger partial charge on any atom is 0.262 e. The number of benzene rings is 2. The van der Waals surface area contributed by atoms with E-state index in [0.29, 0.717) is 40.9 Å². The largest absolute Gasteiger partial charge is 0.497 e. The van der Waals surface area contributed by atoms with E-state index in [1.54, 1.807) is 50.4 Å². The van der Waals surface area contributed by atoms with Crippen molar-refractivity contribution in [3.05, 3.63) is 48.0 Å². The molecule has 2 N–H and O–H groups in total. The average molecular weight is 429 g/mol. The number of hydrogen-bond donors (Lipinski definition) is 2. The number of methoxy groups -OCH3 is 1. The zero-order chi connectivity index (χ0) is 21.3. The van der Waals surface area contributed by atoms with Crippen molar-refractivity contribution in [3.8, 4) is 5.75 Å².